The van der Waals surface area contributed by atoms with E-state index in [0.29, 0.717) is 16.3 Å². The fourth-order valence-corrected chi connectivity index (χ4v) is 3.93. The van der Waals surface area contributed by atoms with Gasteiger partial charge in [0.2, 0.25) is 5.91 Å². The van der Waals surface area contributed by atoms with Crippen LogP contribution in [0.3, 0.4) is 0 Å². The highest BCUT2D eigenvalue weighted by Gasteiger charge is 2.15. The number of amides is 2. The van der Waals surface area contributed by atoms with Gasteiger partial charge < -0.3 is 15.4 Å². The Morgan fingerprint density at radius 2 is 1.85 bits per heavy atom. The van der Waals surface area contributed by atoms with Gasteiger partial charge in [-0.1, -0.05) is 23.7 Å². The monoisotopic (exact) mass is 477 g/mol. The predicted octanol–water partition coefficient (Wildman–Crippen LogP) is 4.21. The van der Waals surface area contributed by atoms with Gasteiger partial charge in [0.15, 0.2) is 0 Å². The molecule has 0 radical (unpaired) electrons. The number of aryl methyl sites for hydroxylation is 2. The SMILES string of the molecule is COCC(=O)NCc1ccc(Cl)c(C(=O)Nc2cccc3c2cnn3-c2cc(C)nc(C)c2)c1. The van der Waals surface area contributed by atoms with Gasteiger partial charge >= 0.3 is 0 Å². The van der Waals surface area contributed by atoms with Crippen molar-refractivity contribution in [2.24, 2.45) is 0 Å². The van der Waals surface area contributed by atoms with Crippen molar-refractivity contribution in [3.63, 3.8) is 0 Å². The van der Waals surface area contributed by atoms with E-state index in [0.717, 1.165) is 33.5 Å². The summed E-state index contributed by atoms with van der Waals surface area (Å²) in [6.45, 7) is 4.10. The lowest BCUT2D eigenvalue weighted by Crippen LogP contribution is -2.26. The number of carbonyl (C=O) groups is 2. The van der Waals surface area contributed by atoms with E-state index in [2.05, 4.69) is 20.7 Å². The molecular formula is C25H24ClN5O3. The smallest absolute Gasteiger partial charge is 0.257 e. The molecular weight excluding hydrogens is 454 g/mol. The van der Waals surface area contributed by atoms with E-state index in [-0.39, 0.29) is 25.0 Å². The van der Waals surface area contributed by atoms with Gasteiger partial charge in [-0.2, -0.15) is 5.10 Å². The summed E-state index contributed by atoms with van der Waals surface area (Å²) in [5.74, 6) is -0.599. The van der Waals surface area contributed by atoms with Crippen LogP contribution in [0.25, 0.3) is 16.6 Å². The number of carbonyl (C=O) groups excluding carboxylic acids is 2. The van der Waals surface area contributed by atoms with Crippen molar-refractivity contribution in [2.45, 2.75) is 20.4 Å². The quantitative estimate of drug-likeness (QED) is 0.415. The van der Waals surface area contributed by atoms with E-state index in [4.69, 9.17) is 16.3 Å². The van der Waals surface area contributed by atoms with E-state index in [1.54, 1.807) is 24.4 Å². The molecule has 0 aliphatic carbocycles. The molecule has 0 fully saturated rings. The lowest BCUT2D eigenvalue weighted by molar-refractivity contribution is -0.124. The average Bonchev–Trinajstić information content (AvgIpc) is 3.23. The number of methoxy groups -OCH3 is 1. The van der Waals surface area contributed by atoms with E-state index in [1.165, 1.54) is 7.11 Å². The minimum atomic E-state index is -0.356. The fraction of sp³-hybridized carbons (Fsp3) is 0.200. The van der Waals surface area contributed by atoms with Gasteiger partial charge in [0.05, 0.1) is 33.7 Å². The van der Waals surface area contributed by atoms with Crippen molar-refractivity contribution in [1.29, 1.82) is 0 Å². The molecule has 9 heteroatoms. The zero-order chi connectivity index (χ0) is 24.2. The molecule has 0 saturated heterocycles. The molecule has 2 N–H and O–H groups in total. The van der Waals surface area contributed by atoms with Crippen molar-refractivity contribution in [3.05, 3.63) is 82.3 Å². The minimum Gasteiger partial charge on any atom is -0.375 e. The lowest BCUT2D eigenvalue weighted by atomic mass is 10.1. The summed E-state index contributed by atoms with van der Waals surface area (Å²) in [4.78, 5) is 29.2. The molecule has 0 atom stereocenters. The van der Waals surface area contributed by atoms with Crippen LogP contribution >= 0.6 is 11.6 Å². The Bertz CT molecular complexity index is 1360. The van der Waals surface area contributed by atoms with Crippen molar-refractivity contribution in [3.8, 4) is 5.69 Å². The number of benzene rings is 2. The highest BCUT2D eigenvalue weighted by molar-refractivity contribution is 6.34. The lowest BCUT2D eigenvalue weighted by Gasteiger charge is -2.11. The van der Waals surface area contributed by atoms with Crippen molar-refractivity contribution >= 4 is 40.0 Å². The molecule has 0 spiro atoms. The molecule has 0 saturated carbocycles. The number of rotatable bonds is 7. The predicted molar refractivity (Wildman–Crippen MR) is 131 cm³/mol. The maximum Gasteiger partial charge on any atom is 0.257 e. The van der Waals surface area contributed by atoms with Gasteiger partial charge in [0.25, 0.3) is 5.91 Å². The third kappa shape index (κ3) is 5.08. The Labute approximate surface area is 201 Å². The maximum absolute atomic E-state index is 13.1. The van der Waals surface area contributed by atoms with Crippen LogP contribution in [-0.2, 0) is 16.1 Å². The van der Waals surface area contributed by atoms with E-state index in [1.807, 2.05) is 48.9 Å². The Kier molecular flexibility index (Phi) is 6.90. The fourth-order valence-electron chi connectivity index (χ4n) is 3.73. The van der Waals surface area contributed by atoms with E-state index < -0.39 is 0 Å². The van der Waals surface area contributed by atoms with Gasteiger partial charge in [-0.15, -0.1) is 0 Å². The molecule has 4 rings (SSSR count). The Hall–Kier alpha value is -3.75. The van der Waals surface area contributed by atoms with E-state index >= 15 is 0 Å². The zero-order valence-electron chi connectivity index (χ0n) is 19.1. The van der Waals surface area contributed by atoms with Crippen LogP contribution in [0.4, 0.5) is 5.69 Å². The van der Waals surface area contributed by atoms with Gasteiger partial charge in [-0.25, -0.2) is 4.68 Å². The van der Waals surface area contributed by atoms with Gasteiger partial charge in [0.1, 0.15) is 6.61 Å². The number of pyridine rings is 1. The molecule has 2 amide bonds. The second kappa shape index (κ2) is 10.0. The van der Waals surface area contributed by atoms with Crippen LogP contribution in [0.2, 0.25) is 5.02 Å². The average molecular weight is 478 g/mol. The molecule has 0 aliphatic heterocycles. The van der Waals surface area contributed by atoms with Crippen LogP contribution in [0.15, 0.2) is 54.7 Å². The number of nitrogens with zero attached hydrogens (tertiary/aromatic N) is 3. The van der Waals surface area contributed by atoms with Crippen molar-refractivity contribution in [2.75, 3.05) is 19.0 Å². The molecule has 174 valence electrons. The number of fused-ring (bicyclic) bond motifs is 1. The molecule has 2 heterocycles. The second-order valence-electron chi connectivity index (χ2n) is 7.88. The number of halogens is 1. The molecule has 8 nitrogen and oxygen atoms in total. The van der Waals surface area contributed by atoms with Crippen LogP contribution in [-0.4, -0.2) is 40.3 Å². The van der Waals surface area contributed by atoms with Crippen LogP contribution in [0.1, 0.15) is 27.3 Å². The molecule has 2 aromatic heterocycles. The van der Waals surface area contributed by atoms with Gasteiger partial charge in [-0.3, -0.25) is 14.6 Å². The highest BCUT2D eigenvalue weighted by Crippen LogP contribution is 2.27. The number of ether oxygens (including phenoxy) is 1. The molecule has 0 aliphatic rings. The van der Waals surface area contributed by atoms with E-state index in [9.17, 15) is 9.59 Å². The number of hydrogen-bond acceptors (Lipinski definition) is 5. The Morgan fingerprint density at radius 3 is 2.59 bits per heavy atom. The largest absolute Gasteiger partial charge is 0.375 e. The van der Waals surface area contributed by atoms with Crippen molar-refractivity contribution < 1.29 is 14.3 Å². The molecule has 2 aromatic carbocycles. The summed E-state index contributed by atoms with van der Waals surface area (Å²) in [7, 11) is 1.45. The third-order valence-electron chi connectivity index (χ3n) is 5.21. The number of anilines is 1. The first-order valence-electron chi connectivity index (χ1n) is 10.6. The standard InChI is InChI=1S/C25H24ClN5O3/c1-15-9-18(10-16(2)29-15)31-23-6-4-5-22(20(23)13-28-31)30-25(33)19-11-17(7-8-21(19)26)12-27-24(32)14-34-3/h4-11,13H,12,14H2,1-3H3,(H,27,32)(H,30,33). The molecule has 4 aromatic rings. The zero-order valence-corrected chi connectivity index (χ0v) is 19.8. The summed E-state index contributed by atoms with van der Waals surface area (Å²) >= 11 is 6.31. The Balaban J connectivity index is 1.60. The topological polar surface area (TPSA) is 98.1 Å². The summed E-state index contributed by atoms with van der Waals surface area (Å²) in [5.41, 5.74) is 5.22. The third-order valence-corrected chi connectivity index (χ3v) is 5.54. The first-order valence-corrected chi connectivity index (χ1v) is 11.0. The first kappa shape index (κ1) is 23.4. The minimum absolute atomic E-state index is 0.0305. The van der Waals surface area contributed by atoms with Crippen LogP contribution in [0, 0.1) is 13.8 Å². The number of nitrogens with one attached hydrogen (secondary N) is 2. The van der Waals surface area contributed by atoms with Gasteiger partial charge in [-0.05, 0) is 55.8 Å². The normalized spacial score (nSPS) is 10.9. The summed E-state index contributed by atoms with van der Waals surface area (Å²) in [6.07, 6.45) is 1.72. The second-order valence-corrected chi connectivity index (χ2v) is 8.29. The molecule has 0 unspecified atom stereocenters. The number of hydrogen-bond donors (Lipinski definition) is 2. The number of aromatic nitrogens is 3. The molecule has 34 heavy (non-hydrogen) atoms. The summed E-state index contributed by atoms with van der Waals surface area (Å²) in [5, 5.41) is 11.3. The molecule has 0 bridgehead atoms. The maximum atomic E-state index is 13.1. The van der Waals surface area contributed by atoms with Crippen molar-refractivity contribution in [1.82, 2.24) is 20.1 Å². The Morgan fingerprint density at radius 1 is 1.09 bits per heavy atom. The summed E-state index contributed by atoms with van der Waals surface area (Å²) in [6, 6.07) is 14.6. The van der Waals surface area contributed by atoms with Crippen LogP contribution < -0.4 is 10.6 Å². The van der Waals surface area contributed by atoms with Gasteiger partial charge in [0, 0.05) is 30.4 Å². The first-order chi connectivity index (χ1) is 16.4. The summed E-state index contributed by atoms with van der Waals surface area (Å²) < 4.78 is 6.63. The highest BCUT2D eigenvalue weighted by atomic mass is 35.5. The van der Waals surface area contributed by atoms with Crippen LogP contribution in [0.5, 0.6) is 0 Å².